The molecule has 1 aliphatic heterocycles. The van der Waals surface area contributed by atoms with E-state index in [2.05, 4.69) is 0 Å². The van der Waals surface area contributed by atoms with Gasteiger partial charge in [0.25, 0.3) is 0 Å². The molecule has 1 amide bonds. The van der Waals surface area contributed by atoms with E-state index in [-0.39, 0.29) is 12.2 Å². The Morgan fingerprint density at radius 2 is 2.10 bits per heavy atom. The van der Waals surface area contributed by atoms with E-state index in [0.29, 0.717) is 13.1 Å². The summed E-state index contributed by atoms with van der Waals surface area (Å²) in [7, 11) is 0. The molecule has 1 aliphatic rings. The molecule has 0 saturated heterocycles. The maximum atomic E-state index is 12.1. The fraction of sp³-hybridized carbons (Fsp3) is 0.533. The van der Waals surface area contributed by atoms with Crippen LogP contribution in [0.3, 0.4) is 0 Å². The van der Waals surface area contributed by atoms with Crippen molar-refractivity contribution in [3.05, 3.63) is 29.3 Å². The van der Waals surface area contributed by atoms with Gasteiger partial charge in [0.15, 0.2) is 6.07 Å². The van der Waals surface area contributed by atoms with Crippen molar-refractivity contribution in [2.24, 2.45) is 0 Å². The molecule has 110 valence electrons. The molecule has 0 saturated carbocycles. The highest BCUT2D eigenvalue weighted by atomic mass is 35.5. The average Bonchev–Trinajstić information content (AvgIpc) is 2.36. The molecule has 0 radical (unpaired) electrons. The first-order chi connectivity index (χ1) is 9.39. The maximum Gasteiger partial charge on any atom is 0.410 e. The molecule has 0 aliphatic carbocycles. The van der Waals surface area contributed by atoms with Crippen molar-refractivity contribution in [3.8, 4) is 5.75 Å². The highest BCUT2D eigenvalue weighted by Crippen LogP contribution is 2.25. The number of hydrogen-bond acceptors (Lipinski definition) is 3. The van der Waals surface area contributed by atoms with Gasteiger partial charge >= 0.3 is 6.09 Å². The highest BCUT2D eigenvalue weighted by Gasteiger charge is 2.25. The third-order valence-electron chi connectivity index (χ3n) is 3.06. The predicted octanol–water partition coefficient (Wildman–Crippen LogP) is 3.55. The molecule has 0 N–H and O–H groups in total. The minimum absolute atomic E-state index is 0.120. The third-order valence-corrected chi connectivity index (χ3v) is 3.17. The Balaban J connectivity index is 2.09. The van der Waals surface area contributed by atoms with E-state index in [0.717, 1.165) is 17.7 Å². The van der Waals surface area contributed by atoms with Crippen molar-refractivity contribution in [2.45, 2.75) is 39.3 Å². The summed E-state index contributed by atoms with van der Waals surface area (Å²) in [5.41, 5.74) is 1.86. The van der Waals surface area contributed by atoms with Crippen LogP contribution in [-0.2, 0) is 17.7 Å². The van der Waals surface area contributed by atoms with Gasteiger partial charge in [-0.25, -0.2) is 4.79 Å². The monoisotopic (exact) mass is 297 g/mol. The number of carbonyl (C=O) groups is 1. The predicted molar refractivity (Wildman–Crippen MR) is 78.1 cm³/mol. The lowest BCUT2D eigenvalue weighted by Gasteiger charge is -2.31. The summed E-state index contributed by atoms with van der Waals surface area (Å²) in [6, 6.07) is 6.00. The number of benzene rings is 1. The molecular weight excluding hydrogens is 278 g/mol. The first-order valence-corrected chi connectivity index (χ1v) is 7.21. The highest BCUT2D eigenvalue weighted by molar-refractivity contribution is 6.17. The van der Waals surface area contributed by atoms with E-state index in [1.54, 1.807) is 4.90 Å². The minimum Gasteiger partial charge on any atom is -0.478 e. The van der Waals surface area contributed by atoms with E-state index in [9.17, 15) is 4.79 Å². The molecular formula is C15H20ClNO3. The van der Waals surface area contributed by atoms with E-state index >= 15 is 0 Å². The summed E-state index contributed by atoms with van der Waals surface area (Å²) in [4.78, 5) is 13.8. The van der Waals surface area contributed by atoms with Crippen LogP contribution < -0.4 is 4.74 Å². The molecule has 1 heterocycles. The van der Waals surface area contributed by atoms with Gasteiger partial charge in [-0.1, -0.05) is 17.7 Å². The molecule has 0 spiro atoms. The molecule has 2 rings (SSSR count). The van der Waals surface area contributed by atoms with Gasteiger partial charge in [0, 0.05) is 13.1 Å². The Kier molecular flexibility index (Phi) is 4.43. The van der Waals surface area contributed by atoms with Crippen molar-refractivity contribution in [1.82, 2.24) is 4.90 Å². The summed E-state index contributed by atoms with van der Waals surface area (Å²) >= 11 is 5.56. The standard InChI is InChI=1S/C15H20ClNO3/c1-15(2,3)20-14(18)17-7-6-11-4-5-13(19-10-16)8-12(11)9-17/h4-5,8H,6-7,9-10H2,1-3H3. The second-order valence-corrected chi connectivity index (χ2v) is 6.05. The van der Waals surface area contributed by atoms with Crippen molar-refractivity contribution < 1.29 is 14.3 Å². The summed E-state index contributed by atoms with van der Waals surface area (Å²) in [5, 5.41) is 0. The number of nitrogens with zero attached hydrogens (tertiary/aromatic N) is 1. The fourth-order valence-electron chi connectivity index (χ4n) is 2.17. The van der Waals surface area contributed by atoms with Crippen LogP contribution in [-0.4, -0.2) is 29.2 Å². The minimum atomic E-state index is -0.471. The molecule has 0 atom stereocenters. The summed E-state index contributed by atoms with van der Waals surface area (Å²) in [5.74, 6) is 0.727. The van der Waals surface area contributed by atoms with Crippen molar-refractivity contribution in [1.29, 1.82) is 0 Å². The van der Waals surface area contributed by atoms with Crippen LogP contribution in [0.1, 0.15) is 31.9 Å². The SMILES string of the molecule is CC(C)(C)OC(=O)N1CCc2ccc(OCCl)cc2C1. The van der Waals surface area contributed by atoms with Crippen LogP contribution in [0, 0.1) is 0 Å². The van der Waals surface area contributed by atoms with Gasteiger partial charge in [-0.3, -0.25) is 0 Å². The smallest absolute Gasteiger partial charge is 0.410 e. The van der Waals surface area contributed by atoms with Gasteiger partial charge in [-0.05, 0) is 50.5 Å². The van der Waals surface area contributed by atoms with E-state index in [1.165, 1.54) is 5.56 Å². The molecule has 4 nitrogen and oxygen atoms in total. The molecule has 20 heavy (non-hydrogen) atoms. The van der Waals surface area contributed by atoms with E-state index in [4.69, 9.17) is 21.1 Å². The van der Waals surface area contributed by atoms with Gasteiger partial charge in [0.1, 0.15) is 11.4 Å². The fourth-order valence-corrected chi connectivity index (χ4v) is 2.29. The zero-order valence-electron chi connectivity index (χ0n) is 12.1. The van der Waals surface area contributed by atoms with Crippen LogP contribution >= 0.6 is 11.6 Å². The number of fused-ring (bicyclic) bond motifs is 1. The number of rotatable bonds is 2. The Hall–Kier alpha value is -1.42. The second-order valence-electron chi connectivity index (χ2n) is 5.84. The number of amides is 1. The van der Waals surface area contributed by atoms with E-state index < -0.39 is 5.60 Å². The number of alkyl halides is 1. The molecule has 1 aromatic carbocycles. The van der Waals surface area contributed by atoms with Crippen LogP contribution in [0.15, 0.2) is 18.2 Å². The molecule has 0 fully saturated rings. The summed E-state index contributed by atoms with van der Waals surface area (Å²) in [6.45, 7) is 6.83. The van der Waals surface area contributed by atoms with Crippen molar-refractivity contribution >= 4 is 17.7 Å². The zero-order chi connectivity index (χ0) is 14.8. The van der Waals surface area contributed by atoms with Gasteiger partial charge in [0.05, 0.1) is 0 Å². The number of ether oxygens (including phenoxy) is 2. The zero-order valence-corrected chi connectivity index (χ0v) is 12.9. The molecule has 0 aromatic heterocycles. The summed E-state index contributed by atoms with van der Waals surface area (Å²) < 4.78 is 10.7. The largest absolute Gasteiger partial charge is 0.478 e. The van der Waals surface area contributed by atoms with Gasteiger partial charge in [0.2, 0.25) is 0 Å². The van der Waals surface area contributed by atoms with Crippen LogP contribution in [0.2, 0.25) is 0 Å². The van der Waals surface area contributed by atoms with Crippen LogP contribution in [0.4, 0.5) is 4.79 Å². The normalized spacial score (nSPS) is 14.7. The number of carbonyl (C=O) groups excluding carboxylic acids is 1. The average molecular weight is 298 g/mol. The van der Waals surface area contributed by atoms with Gasteiger partial charge < -0.3 is 14.4 Å². The summed E-state index contributed by atoms with van der Waals surface area (Å²) in [6.07, 6.45) is 0.558. The van der Waals surface area contributed by atoms with Gasteiger partial charge in [-0.15, -0.1) is 0 Å². The lowest BCUT2D eigenvalue weighted by molar-refractivity contribution is 0.0224. The molecule has 5 heteroatoms. The Morgan fingerprint density at radius 1 is 1.35 bits per heavy atom. The topological polar surface area (TPSA) is 38.8 Å². The Bertz CT molecular complexity index is 496. The molecule has 0 unspecified atom stereocenters. The Morgan fingerprint density at radius 3 is 2.75 bits per heavy atom. The third kappa shape index (κ3) is 3.79. The first-order valence-electron chi connectivity index (χ1n) is 6.67. The lowest BCUT2D eigenvalue weighted by atomic mass is 10.00. The van der Waals surface area contributed by atoms with Crippen molar-refractivity contribution in [3.63, 3.8) is 0 Å². The van der Waals surface area contributed by atoms with Crippen molar-refractivity contribution in [2.75, 3.05) is 12.6 Å². The number of halogens is 1. The molecule has 0 bridgehead atoms. The van der Waals surface area contributed by atoms with Gasteiger partial charge in [-0.2, -0.15) is 0 Å². The van der Waals surface area contributed by atoms with Crippen LogP contribution in [0.25, 0.3) is 0 Å². The first kappa shape index (κ1) is 15.0. The van der Waals surface area contributed by atoms with Crippen LogP contribution in [0.5, 0.6) is 5.75 Å². The van der Waals surface area contributed by atoms with E-state index in [1.807, 2.05) is 39.0 Å². The Labute approximate surface area is 124 Å². The molecule has 1 aromatic rings. The maximum absolute atomic E-state index is 12.1. The second kappa shape index (κ2) is 5.92. The lowest BCUT2D eigenvalue weighted by Crippen LogP contribution is -2.39. The quantitative estimate of drug-likeness (QED) is 0.784. The number of hydrogen-bond donors (Lipinski definition) is 0.